The SMILES string of the molecule is Cc1cccc2c1N(C)C(=O)C(C)N2. The highest BCUT2D eigenvalue weighted by atomic mass is 16.2. The normalized spacial score (nSPS) is 20.4. The van der Waals surface area contributed by atoms with Crippen LogP contribution < -0.4 is 10.2 Å². The lowest BCUT2D eigenvalue weighted by molar-refractivity contribution is -0.118. The lowest BCUT2D eigenvalue weighted by Gasteiger charge is -2.32. The van der Waals surface area contributed by atoms with E-state index >= 15 is 0 Å². The second-order valence-electron chi connectivity index (χ2n) is 3.73. The number of likely N-dealkylation sites (N-methyl/N-ethyl adjacent to an activating group) is 1. The Labute approximate surface area is 83.7 Å². The summed E-state index contributed by atoms with van der Waals surface area (Å²) in [6, 6.07) is 5.88. The van der Waals surface area contributed by atoms with Crippen molar-refractivity contribution in [2.24, 2.45) is 0 Å². The van der Waals surface area contributed by atoms with Gasteiger partial charge in [-0.1, -0.05) is 12.1 Å². The molecule has 1 aliphatic heterocycles. The van der Waals surface area contributed by atoms with Crippen molar-refractivity contribution in [1.29, 1.82) is 0 Å². The minimum Gasteiger partial charge on any atom is -0.372 e. The number of carbonyl (C=O) groups is 1. The van der Waals surface area contributed by atoms with Gasteiger partial charge in [-0.25, -0.2) is 0 Å². The first-order valence-corrected chi connectivity index (χ1v) is 4.75. The maximum atomic E-state index is 11.7. The van der Waals surface area contributed by atoms with E-state index < -0.39 is 0 Å². The highest BCUT2D eigenvalue weighted by Gasteiger charge is 2.27. The first kappa shape index (κ1) is 9.06. The molecule has 0 bridgehead atoms. The lowest BCUT2D eigenvalue weighted by Crippen LogP contribution is -2.43. The van der Waals surface area contributed by atoms with E-state index in [1.165, 1.54) is 0 Å². The van der Waals surface area contributed by atoms with Crippen molar-refractivity contribution >= 4 is 17.3 Å². The average molecular weight is 190 g/mol. The van der Waals surface area contributed by atoms with Crippen molar-refractivity contribution in [2.75, 3.05) is 17.3 Å². The monoisotopic (exact) mass is 190 g/mol. The molecule has 1 amide bonds. The van der Waals surface area contributed by atoms with Gasteiger partial charge in [0.15, 0.2) is 0 Å². The standard InChI is InChI=1S/C11H14N2O/c1-7-5-4-6-9-10(7)13(3)11(14)8(2)12-9/h4-6,8,12H,1-3H3. The van der Waals surface area contributed by atoms with Crippen LogP contribution in [-0.2, 0) is 4.79 Å². The van der Waals surface area contributed by atoms with Crippen LogP contribution in [0.15, 0.2) is 18.2 Å². The second-order valence-corrected chi connectivity index (χ2v) is 3.73. The Morgan fingerprint density at radius 2 is 2.14 bits per heavy atom. The van der Waals surface area contributed by atoms with Crippen molar-refractivity contribution in [3.63, 3.8) is 0 Å². The molecule has 3 nitrogen and oxygen atoms in total. The Morgan fingerprint density at radius 1 is 1.43 bits per heavy atom. The molecule has 0 aliphatic carbocycles. The number of nitrogens with one attached hydrogen (secondary N) is 1. The maximum Gasteiger partial charge on any atom is 0.248 e. The predicted octanol–water partition coefficient (Wildman–Crippen LogP) is 1.77. The van der Waals surface area contributed by atoms with Gasteiger partial charge < -0.3 is 10.2 Å². The fourth-order valence-electron chi connectivity index (χ4n) is 1.92. The van der Waals surface area contributed by atoms with E-state index in [4.69, 9.17) is 0 Å². The number of aryl methyl sites for hydroxylation is 1. The summed E-state index contributed by atoms with van der Waals surface area (Å²) in [5.74, 6) is 0.117. The zero-order valence-corrected chi connectivity index (χ0v) is 8.66. The molecule has 14 heavy (non-hydrogen) atoms. The van der Waals surface area contributed by atoms with Crippen LogP contribution in [-0.4, -0.2) is 19.0 Å². The zero-order valence-electron chi connectivity index (χ0n) is 8.66. The number of nitrogens with zero attached hydrogens (tertiary/aromatic N) is 1. The number of rotatable bonds is 0. The van der Waals surface area contributed by atoms with Gasteiger partial charge in [-0.3, -0.25) is 4.79 Å². The molecule has 1 heterocycles. The topological polar surface area (TPSA) is 32.3 Å². The van der Waals surface area contributed by atoms with Crippen molar-refractivity contribution in [1.82, 2.24) is 0 Å². The van der Waals surface area contributed by atoms with Gasteiger partial charge in [0.05, 0.1) is 11.4 Å². The van der Waals surface area contributed by atoms with Crippen LogP contribution >= 0.6 is 0 Å². The smallest absolute Gasteiger partial charge is 0.248 e. The molecule has 3 heteroatoms. The number of anilines is 2. The molecule has 1 N–H and O–H groups in total. The van der Waals surface area contributed by atoms with E-state index in [-0.39, 0.29) is 11.9 Å². The molecule has 74 valence electrons. The predicted molar refractivity (Wildman–Crippen MR) is 57.7 cm³/mol. The number of fused-ring (bicyclic) bond motifs is 1. The average Bonchev–Trinajstić information content (AvgIpc) is 2.14. The van der Waals surface area contributed by atoms with E-state index in [9.17, 15) is 4.79 Å². The minimum absolute atomic E-state index is 0.117. The summed E-state index contributed by atoms with van der Waals surface area (Å²) in [5.41, 5.74) is 3.16. The van der Waals surface area contributed by atoms with Gasteiger partial charge in [0, 0.05) is 7.05 Å². The molecule has 1 aromatic carbocycles. The van der Waals surface area contributed by atoms with Crippen molar-refractivity contribution in [2.45, 2.75) is 19.9 Å². The summed E-state index contributed by atoms with van der Waals surface area (Å²) >= 11 is 0. The molecule has 1 aliphatic rings. The van der Waals surface area contributed by atoms with Crippen molar-refractivity contribution in [3.05, 3.63) is 23.8 Å². The molecular formula is C11H14N2O. The van der Waals surface area contributed by atoms with Crippen LogP contribution in [0.5, 0.6) is 0 Å². The minimum atomic E-state index is -0.130. The number of benzene rings is 1. The molecule has 1 aromatic rings. The van der Waals surface area contributed by atoms with Gasteiger partial charge in [-0.05, 0) is 25.5 Å². The largest absolute Gasteiger partial charge is 0.372 e. The molecule has 0 fully saturated rings. The Kier molecular flexibility index (Phi) is 1.95. The van der Waals surface area contributed by atoms with Crippen molar-refractivity contribution < 1.29 is 4.79 Å². The van der Waals surface area contributed by atoms with E-state index in [1.54, 1.807) is 4.90 Å². The van der Waals surface area contributed by atoms with E-state index in [1.807, 2.05) is 39.1 Å². The quantitative estimate of drug-likeness (QED) is 0.676. The number of hydrogen-bond acceptors (Lipinski definition) is 2. The maximum absolute atomic E-state index is 11.7. The summed E-state index contributed by atoms with van der Waals surface area (Å²) in [6.45, 7) is 3.89. The third kappa shape index (κ3) is 1.16. The van der Waals surface area contributed by atoms with Gasteiger partial charge in [0.1, 0.15) is 6.04 Å². The Bertz CT molecular complexity index is 387. The lowest BCUT2D eigenvalue weighted by atomic mass is 10.1. The van der Waals surface area contributed by atoms with Crippen LogP contribution in [0.25, 0.3) is 0 Å². The summed E-state index contributed by atoms with van der Waals surface area (Å²) in [4.78, 5) is 13.4. The molecule has 0 aromatic heterocycles. The van der Waals surface area contributed by atoms with Crippen LogP contribution in [0.1, 0.15) is 12.5 Å². The second kappa shape index (κ2) is 3.01. The Hall–Kier alpha value is -1.51. The van der Waals surface area contributed by atoms with Crippen molar-refractivity contribution in [3.8, 4) is 0 Å². The van der Waals surface area contributed by atoms with Gasteiger partial charge in [-0.2, -0.15) is 0 Å². The molecule has 0 radical (unpaired) electrons. The fraction of sp³-hybridized carbons (Fsp3) is 0.364. The highest BCUT2D eigenvalue weighted by molar-refractivity contribution is 6.05. The molecule has 0 saturated carbocycles. The van der Waals surface area contributed by atoms with Crippen LogP contribution in [0, 0.1) is 6.92 Å². The number of para-hydroxylation sites is 1. The molecule has 0 saturated heterocycles. The van der Waals surface area contributed by atoms with Crippen LogP contribution in [0.4, 0.5) is 11.4 Å². The van der Waals surface area contributed by atoms with Gasteiger partial charge in [-0.15, -0.1) is 0 Å². The van der Waals surface area contributed by atoms with Gasteiger partial charge in [0.25, 0.3) is 0 Å². The van der Waals surface area contributed by atoms with Gasteiger partial charge >= 0.3 is 0 Å². The Morgan fingerprint density at radius 3 is 2.86 bits per heavy atom. The van der Waals surface area contributed by atoms with Crippen LogP contribution in [0.2, 0.25) is 0 Å². The highest BCUT2D eigenvalue weighted by Crippen LogP contribution is 2.33. The number of hydrogen-bond donors (Lipinski definition) is 1. The summed E-state index contributed by atoms with van der Waals surface area (Å²) in [7, 11) is 1.82. The van der Waals surface area contributed by atoms with E-state index in [0.29, 0.717) is 0 Å². The third-order valence-electron chi connectivity index (χ3n) is 2.65. The molecule has 1 unspecified atom stereocenters. The van der Waals surface area contributed by atoms with E-state index in [2.05, 4.69) is 5.32 Å². The molecular weight excluding hydrogens is 176 g/mol. The number of carbonyl (C=O) groups excluding carboxylic acids is 1. The molecule has 2 rings (SSSR count). The van der Waals surface area contributed by atoms with Crippen LogP contribution in [0.3, 0.4) is 0 Å². The summed E-state index contributed by atoms with van der Waals surface area (Å²) in [6.07, 6.45) is 0. The first-order chi connectivity index (χ1) is 6.61. The summed E-state index contributed by atoms with van der Waals surface area (Å²) in [5, 5.41) is 3.19. The van der Waals surface area contributed by atoms with E-state index in [0.717, 1.165) is 16.9 Å². The molecule has 0 spiro atoms. The fourth-order valence-corrected chi connectivity index (χ4v) is 1.92. The summed E-state index contributed by atoms with van der Waals surface area (Å²) < 4.78 is 0. The first-order valence-electron chi connectivity index (χ1n) is 4.75. The van der Waals surface area contributed by atoms with Gasteiger partial charge in [0.2, 0.25) is 5.91 Å². The number of amides is 1. The molecule has 1 atom stereocenters. The zero-order chi connectivity index (χ0) is 10.3. The third-order valence-corrected chi connectivity index (χ3v) is 2.65. The Balaban J connectivity index is 2.56.